The van der Waals surface area contributed by atoms with Crippen LogP contribution < -0.4 is 0 Å². The van der Waals surface area contributed by atoms with E-state index in [9.17, 15) is 0 Å². The van der Waals surface area contributed by atoms with E-state index >= 15 is 0 Å². The molecule has 2 nitrogen and oxygen atoms in total. The molecule has 3 aromatic rings. The molecule has 0 fully saturated rings. The molecule has 0 aromatic carbocycles. The second-order valence-corrected chi connectivity index (χ2v) is 4.86. The minimum absolute atomic E-state index is 0.950. The minimum Gasteiger partial charge on any atom is -0.337 e. The summed E-state index contributed by atoms with van der Waals surface area (Å²) in [7, 11) is 0. The van der Waals surface area contributed by atoms with Crippen LogP contribution in [0.3, 0.4) is 0 Å². The van der Waals surface area contributed by atoms with Gasteiger partial charge in [-0.2, -0.15) is 11.3 Å². The third-order valence-corrected chi connectivity index (χ3v) is 3.72. The molecular weight excluding hydrogens is 224 g/mol. The van der Waals surface area contributed by atoms with Crippen LogP contribution in [-0.2, 0) is 0 Å². The van der Waals surface area contributed by atoms with E-state index in [1.807, 2.05) is 12.3 Å². The summed E-state index contributed by atoms with van der Waals surface area (Å²) in [6, 6.07) is 6.20. The van der Waals surface area contributed by atoms with Gasteiger partial charge in [-0.25, -0.2) is 4.98 Å². The number of thiophene rings is 2. The Hall–Kier alpha value is -1.39. The Bertz CT molecular complexity index is 486. The highest BCUT2D eigenvalue weighted by Gasteiger charge is 2.05. The number of hydrogen-bond acceptors (Lipinski definition) is 3. The van der Waals surface area contributed by atoms with Crippen molar-refractivity contribution in [1.82, 2.24) is 9.97 Å². The minimum atomic E-state index is 0.950. The van der Waals surface area contributed by atoms with Crippen molar-refractivity contribution in [2.75, 3.05) is 0 Å². The summed E-state index contributed by atoms with van der Waals surface area (Å²) < 4.78 is 0. The van der Waals surface area contributed by atoms with Gasteiger partial charge in [-0.1, -0.05) is 6.07 Å². The lowest BCUT2D eigenvalue weighted by molar-refractivity contribution is 1.33. The molecule has 3 rings (SSSR count). The number of nitrogens with one attached hydrogen (secondary N) is 1. The summed E-state index contributed by atoms with van der Waals surface area (Å²) in [5.41, 5.74) is 2.29. The van der Waals surface area contributed by atoms with E-state index in [2.05, 4.69) is 38.2 Å². The molecule has 0 spiro atoms. The van der Waals surface area contributed by atoms with Crippen molar-refractivity contribution >= 4 is 22.7 Å². The van der Waals surface area contributed by atoms with E-state index in [0.29, 0.717) is 0 Å². The average molecular weight is 232 g/mol. The van der Waals surface area contributed by atoms with Gasteiger partial charge in [0.15, 0.2) is 0 Å². The lowest BCUT2D eigenvalue weighted by atomic mass is 10.3. The fourth-order valence-corrected chi connectivity index (χ4v) is 2.76. The number of imidazole rings is 1. The highest BCUT2D eigenvalue weighted by Crippen LogP contribution is 2.26. The number of rotatable bonds is 2. The zero-order chi connectivity index (χ0) is 10.1. The first-order valence-electron chi connectivity index (χ1n) is 4.55. The predicted octanol–water partition coefficient (Wildman–Crippen LogP) is 3.87. The van der Waals surface area contributed by atoms with Crippen molar-refractivity contribution < 1.29 is 0 Å². The van der Waals surface area contributed by atoms with E-state index in [1.165, 1.54) is 10.4 Å². The second kappa shape index (κ2) is 3.64. The Morgan fingerprint density at radius 2 is 2.20 bits per heavy atom. The van der Waals surface area contributed by atoms with Gasteiger partial charge in [-0.15, -0.1) is 11.3 Å². The molecule has 4 heteroatoms. The molecule has 1 N–H and O–H groups in total. The van der Waals surface area contributed by atoms with Crippen molar-refractivity contribution in [3.63, 3.8) is 0 Å². The van der Waals surface area contributed by atoms with Crippen LogP contribution in [0, 0.1) is 0 Å². The molecule has 3 heterocycles. The van der Waals surface area contributed by atoms with Crippen LogP contribution in [-0.4, -0.2) is 9.97 Å². The predicted molar refractivity (Wildman–Crippen MR) is 65.2 cm³/mol. The molecule has 0 saturated heterocycles. The van der Waals surface area contributed by atoms with Crippen LogP contribution in [0.1, 0.15) is 0 Å². The lowest BCUT2D eigenvalue weighted by Crippen LogP contribution is -1.74. The van der Waals surface area contributed by atoms with Crippen molar-refractivity contribution in [2.45, 2.75) is 0 Å². The maximum Gasteiger partial charge on any atom is 0.147 e. The number of aromatic nitrogens is 2. The molecular formula is C11H8N2S2. The average Bonchev–Trinajstić information content (AvgIpc) is 3.02. The molecule has 74 valence electrons. The Kier molecular flexibility index (Phi) is 2.16. The fourth-order valence-electron chi connectivity index (χ4n) is 1.42. The number of H-pyrrole nitrogens is 1. The number of hydrogen-bond donors (Lipinski definition) is 1. The largest absolute Gasteiger partial charge is 0.337 e. The van der Waals surface area contributed by atoms with Crippen LogP contribution in [0.2, 0.25) is 0 Å². The second-order valence-electron chi connectivity index (χ2n) is 3.13. The van der Waals surface area contributed by atoms with E-state index in [4.69, 9.17) is 0 Å². The Labute approximate surface area is 95.3 Å². The monoisotopic (exact) mass is 232 g/mol. The van der Waals surface area contributed by atoms with Crippen molar-refractivity contribution in [3.05, 3.63) is 40.5 Å². The highest BCUT2D eigenvalue weighted by molar-refractivity contribution is 7.13. The SMILES string of the molecule is c1csc(-c2ncc(-c3ccsc3)[nH]2)c1. The van der Waals surface area contributed by atoms with Gasteiger partial charge in [-0.3, -0.25) is 0 Å². The van der Waals surface area contributed by atoms with Crippen LogP contribution >= 0.6 is 22.7 Å². The smallest absolute Gasteiger partial charge is 0.147 e. The summed E-state index contributed by atoms with van der Waals surface area (Å²) >= 11 is 3.39. The van der Waals surface area contributed by atoms with E-state index in [1.54, 1.807) is 22.7 Å². The molecule has 0 aliphatic rings. The zero-order valence-corrected chi connectivity index (χ0v) is 9.44. The Morgan fingerprint density at radius 1 is 1.20 bits per heavy atom. The Balaban J connectivity index is 2.02. The van der Waals surface area contributed by atoms with Crippen LogP contribution in [0.4, 0.5) is 0 Å². The first-order chi connectivity index (χ1) is 7.43. The van der Waals surface area contributed by atoms with Crippen molar-refractivity contribution in [3.8, 4) is 22.0 Å². The molecule has 0 amide bonds. The first-order valence-corrected chi connectivity index (χ1v) is 6.37. The molecule has 0 aliphatic heterocycles. The molecule has 0 unspecified atom stereocenters. The van der Waals surface area contributed by atoms with Crippen LogP contribution in [0.5, 0.6) is 0 Å². The third kappa shape index (κ3) is 1.62. The van der Waals surface area contributed by atoms with Gasteiger partial charge < -0.3 is 4.98 Å². The maximum atomic E-state index is 4.37. The number of nitrogens with zero attached hydrogens (tertiary/aromatic N) is 1. The maximum absolute atomic E-state index is 4.37. The van der Waals surface area contributed by atoms with Crippen LogP contribution in [0.25, 0.3) is 22.0 Å². The topological polar surface area (TPSA) is 28.7 Å². The molecule has 0 atom stereocenters. The lowest BCUT2D eigenvalue weighted by Gasteiger charge is -1.90. The Morgan fingerprint density at radius 3 is 2.93 bits per heavy atom. The van der Waals surface area contributed by atoms with Gasteiger partial charge in [0.1, 0.15) is 5.82 Å². The molecule has 15 heavy (non-hydrogen) atoms. The summed E-state index contributed by atoms with van der Waals surface area (Å²) in [6.45, 7) is 0. The van der Waals surface area contributed by atoms with E-state index in [0.717, 1.165) is 11.5 Å². The summed E-state index contributed by atoms with van der Waals surface area (Å²) in [5, 5.41) is 6.24. The fraction of sp³-hybridized carbons (Fsp3) is 0. The molecule has 3 aromatic heterocycles. The standard InChI is InChI=1S/C11H8N2S2/c1-2-10(15-4-1)11-12-6-9(13-11)8-3-5-14-7-8/h1-7H,(H,12,13). The first kappa shape index (κ1) is 8.88. The van der Waals surface area contributed by atoms with E-state index in [-0.39, 0.29) is 0 Å². The van der Waals surface area contributed by atoms with Crippen LogP contribution in [0.15, 0.2) is 40.5 Å². The van der Waals surface area contributed by atoms with E-state index < -0.39 is 0 Å². The summed E-state index contributed by atoms with van der Waals surface area (Å²) in [6.07, 6.45) is 1.89. The molecule has 0 aliphatic carbocycles. The van der Waals surface area contributed by atoms with Gasteiger partial charge >= 0.3 is 0 Å². The van der Waals surface area contributed by atoms with Gasteiger partial charge in [0.2, 0.25) is 0 Å². The van der Waals surface area contributed by atoms with Gasteiger partial charge in [0.05, 0.1) is 16.8 Å². The van der Waals surface area contributed by atoms with Gasteiger partial charge in [-0.05, 0) is 22.9 Å². The quantitative estimate of drug-likeness (QED) is 0.714. The highest BCUT2D eigenvalue weighted by atomic mass is 32.1. The van der Waals surface area contributed by atoms with Gasteiger partial charge in [0.25, 0.3) is 0 Å². The molecule has 0 radical (unpaired) electrons. The summed E-state index contributed by atoms with van der Waals surface area (Å²) in [5.74, 6) is 0.950. The van der Waals surface area contributed by atoms with Crippen molar-refractivity contribution in [2.24, 2.45) is 0 Å². The summed E-state index contributed by atoms with van der Waals surface area (Å²) in [4.78, 5) is 8.88. The molecule has 0 bridgehead atoms. The number of aromatic amines is 1. The molecule has 0 saturated carbocycles. The normalized spacial score (nSPS) is 10.7. The van der Waals surface area contributed by atoms with Crippen molar-refractivity contribution in [1.29, 1.82) is 0 Å². The van der Waals surface area contributed by atoms with Gasteiger partial charge in [0, 0.05) is 10.9 Å². The zero-order valence-electron chi connectivity index (χ0n) is 7.81. The third-order valence-electron chi connectivity index (χ3n) is 2.16.